The van der Waals surface area contributed by atoms with Gasteiger partial charge in [0.15, 0.2) is 0 Å². The molecule has 0 bridgehead atoms. The number of ether oxygens (including phenoxy) is 1. The fraction of sp³-hybridized carbons (Fsp3) is 0.583. The Bertz CT molecular complexity index is 298. The van der Waals surface area contributed by atoms with Crippen molar-refractivity contribution in [1.82, 2.24) is 10.3 Å². The van der Waals surface area contributed by atoms with Gasteiger partial charge in [0.1, 0.15) is 5.15 Å². The molecular weight excluding hydrogens is 259 g/mol. The van der Waals surface area contributed by atoms with Crippen molar-refractivity contribution in [1.29, 1.82) is 0 Å². The summed E-state index contributed by atoms with van der Waals surface area (Å²) in [6.07, 6.45) is 5.20. The van der Waals surface area contributed by atoms with Gasteiger partial charge in [-0.2, -0.15) is 0 Å². The first-order valence-electron chi connectivity index (χ1n) is 5.63. The second-order valence-corrected chi connectivity index (χ2v) is 4.04. The average Bonchev–Trinajstić information content (AvgIpc) is 2.30. The van der Waals surface area contributed by atoms with E-state index in [1.54, 1.807) is 13.3 Å². The molecular formula is C12H20Cl2N2O. The van der Waals surface area contributed by atoms with Gasteiger partial charge in [0.05, 0.1) is 0 Å². The first-order chi connectivity index (χ1) is 7.84. The Morgan fingerprint density at radius 2 is 2.18 bits per heavy atom. The monoisotopic (exact) mass is 278 g/mol. The van der Waals surface area contributed by atoms with Gasteiger partial charge in [-0.05, 0) is 31.9 Å². The van der Waals surface area contributed by atoms with E-state index in [4.69, 9.17) is 16.3 Å². The largest absolute Gasteiger partial charge is 0.385 e. The van der Waals surface area contributed by atoms with Crippen molar-refractivity contribution in [3.8, 4) is 0 Å². The molecule has 1 heterocycles. The smallest absolute Gasteiger partial charge is 0.133 e. The molecule has 0 saturated heterocycles. The van der Waals surface area contributed by atoms with Crippen molar-refractivity contribution < 1.29 is 4.74 Å². The van der Waals surface area contributed by atoms with Gasteiger partial charge in [0.25, 0.3) is 0 Å². The van der Waals surface area contributed by atoms with Crippen LogP contribution < -0.4 is 5.32 Å². The minimum absolute atomic E-state index is 0. The van der Waals surface area contributed by atoms with Crippen LogP contribution in [0.3, 0.4) is 0 Å². The number of methoxy groups -OCH3 is 1. The number of rotatable bonds is 8. The predicted molar refractivity (Wildman–Crippen MR) is 73.9 cm³/mol. The van der Waals surface area contributed by atoms with E-state index in [2.05, 4.69) is 10.3 Å². The van der Waals surface area contributed by atoms with Crippen molar-refractivity contribution >= 4 is 24.0 Å². The molecule has 3 nitrogen and oxygen atoms in total. The van der Waals surface area contributed by atoms with Gasteiger partial charge in [-0.3, -0.25) is 0 Å². The maximum absolute atomic E-state index is 5.94. The molecule has 1 rings (SSSR count). The van der Waals surface area contributed by atoms with E-state index in [-0.39, 0.29) is 12.4 Å². The van der Waals surface area contributed by atoms with Gasteiger partial charge >= 0.3 is 0 Å². The number of halogens is 2. The third kappa shape index (κ3) is 7.55. The van der Waals surface area contributed by atoms with E-state index in [0.717, 1.165) is 31.7 Å². The summed E-state index contributed by atoms with van der Waals surface area (Å²) in [7, 11) is 1.74. The van der Waals surface area contributed by atoms with E-state index in [9.17, 15) is 0 Å². The summed E-state index contributed by atoms with van der Waals surface area (Å²) in [5.41, 5.74) is 1.06. The van der Waals surface area contributed by atoms with E-state index >= 15 is 0 Å². The fourth-order valence-electron chi connectivity index (χ4n) is 1.45. The molecule has 0 amide bonds. The predicted octanol–water partition coefficient (Wildman–Crippen LogP) is 3.06. The van der Waals surface area contributed by atoms with Gasteiger partial charge in [0, 0.05) is 32.0 Å². The summed E-state index contributed by atoms with van der Waals surface area (Å²) in [5, 5.41) is 3.95. The summed E-state index contributed by atoms with van der Waals surface area (Å²) in [4.78, 5) is 4.03. The van der Waals surface area contributed by atoms with Crippen molar-refractivity contribution in [3.63, 3.8) is 0 Å². The second kappa shape index (κ2) is 10.8. The van der Waals surface area contributed by atoms with E-state index < -0.39 is 0 Å². The van der Waals surface area contributed by atoms with Crippen LogP contribution in [0, 0.1) is 0 Å². The number of nitrogens with zero attached hydrogens (tertiary/aromatic N) is 1. The summed E-state index contributed by atoms with van der Waals surface area (Å²) < 4.78 is 4.99. The molecule has 0 unspecified atom stereocenters. The molecule has 98 valence electrons. The third-order valence-electron chi connectivity index (χ3n) is 2.35. The summed E-state index contributed by atoms with van der Waals surface area (Å²) in [5.74, 6) is 0. The lowest BCUT2D eigenvalue weighted by atomic mass is 10.2. The van der Waals surface area contributed by atoms with Gasteiger partial charge < -0.3 is 10.1 Å². The molecule has 0 spiro atoms. The van der Waals surface area contributed by atoms with Crippen LogP contribution in [-0.4, -0.2) is 25.2 Å². The molecule has 1 aromatic rings. The zero-order chi connectivity index (χ0) is 11.6. The second-order valence-electron chi connectivity index (χ2n) is 3.68. The average molecular weight is 279 g/mol. The van der Waals surface area contributed by atoms with Crippen molar-refractivity contribution in [2.75, 3.05) is 20.3 Å². The number of aromatic nitrogens is 1. The maximum atomic E-state index is 5.94. The molecule has 1 N–H and O–H groups in total. The highest BCUT2D eigenvalue weighted by atomic mass is 35.5. The number of hydrogen-bond acceptors (Lipinski definition) is 3. The summed E-state index contributed by atoms with van der Waals surface area (Å²) in [6, 6.07) is 3.90. The lowest BCUT2D eigenvalue weighted by Gasteiger charge is -2.05. The van der Waals surface area contributed by atoms with Crippen LogP contribution >= 0.6 is 24.0 Å². The van der Waals surface area contributed by atoms with Crippen LogP contribution in [0.4, 0.5) is 0 Å². The normalized spacial score (nSPS) is 10.0. The van der Waals surface area contributed by atoms with Crippen LogP contribution in [0.2, 0.25) is 5.15 Å². The topological polar surface area (TPSA) is 34.1 Å². The van der Waals surface area contributed by atoms with Gasteiger partial charge in [-0.1, -0.05) is 17.7 Å². The summed E-state index contributed by atoms with van der Waals surface area (Å²) >= 11 is 5.94. The first-order valence-corrected chi connectivity index (χ1v) is 6.01. The highest BCUT2D eigenvalue weighted by Gasteiger charge is 1.98. The molecule has 17 heavy (non-hydrogen) atoms. The standard InChI is InChI=1S/C12H19ClN2O.ClH/c1-16-9-4-2-3-7-14-10-11-6-5-8-15-12(11)13;/h5-6,8,14H,2-4,7,9-10H2,1H3;1H. The highest BCUT2D eigenvalue weighted by molar-refractivity contribution is 6.30. The number of pyridine rings is 1. The van der Waals surface area contributed by atoms with Gasteiger partial charge in [-0.25, -0.2) is 4.98 Å². The molecule has 0 atom stereocenters. The minimum Gasteiger partial charge on any atom is -0.385 e. The summed E-state index contributed by atoms with van der Waals surface area (Å²) in [6.45, 7) is 2.65. The SMILES string of the molecule is COCCCCCNCc1cccnc1Cl.Cl. The first kappa shape index (κ1) is 16.6. The molecule has 0 aromatic carbocycles. The Morgan fingerprint density at radius 3 is 2.88 bits per heavy atom. The van der Waals surface area contributed by atoms with Crippen molar-refractivity contribution in [2.45, 2.75) is 25.8 Å². The molecule has 5 heteroatoms. The van der Waals surface area contributed by atoms with Crippen LogP contribution in [0.25, 0.3) is 0 Å². The van der Waals surface area contributed by atoms with E-state index in [0.29, 0.717) is 5.15 Å². The zero-order valence-electron chi connectivity index (χ0n) is 10.1. The quantitative estimate of drug-likeness (QED) is 0.586. The Balaban J connectivity index is 0.00000256. The van der Waals surface area contributed by atoms with Crippen LogP contribution in [0.1, 0.15) is 24.8 Å². The van der Waals surface area contributed by atoms with Gasteiger partial charge in [0.2, 0.25) is 0 Å². The van der Waals surface area contributed by atoms with Crippen LogP contribution in [0.5, 0.6) is 0 Å². The molecule has 0 saturated carbocycles. The molecule has 0 aliphatic heterocycles. The minimum atomic E-state index is 0. The Hall–Kier alpha value is -0.350. The third-order valence-corrected chi connectivity index (χ3v) is 2.69. The molecule has 0 radical (unpaired) electrons. The molecule has 1 aromatic heterocycles. The van der Waals surface area contributed by atoms with Crippen LogP contribution in [0.15, 0.2) is 18.3 Å². The highest BCUT2D eigenvalue weighted by Crippen LogP contribution is 2.10. The van der Waals surface area contributed by atoms with Crippen LogP contribution in [-0.2, 0) is 11.3 Å². The van der Waals surface area contributed by atoms with E-state index in [1.807, 2.05) is 12.1 Å². The van der Waals surface area contributed by atoms with Gasteiger partial charge in [-0.15, -0.1) is 12.4 Å². The number of hydrogen-bond donors (Lipinski definition) is 1. The lowest BCUT2D eigenvalue weighted by Crippen LogP contribution is -2.15. The Kier molecular flexibility index (Phi) is 10.6. The van der Waals surface area contributed by atoms with Crippen molar-refractivity contribution in [3.05, 3.63) is 29.0 Å². The molecule has 0 aliphatic rings. The number of nitrogens with one attached hydrogen (secondary N) is 1. The van der Waals surface area contributed by atoms with Crippen molar-refractivity contribution in [2.24, 2.45) is 0 Å². The maximum Gasteiger partial charge on any atom is 0.133 e. The Labute approximate surface area is 114 Å². The lowest BCUT2D eigenvalue weighted by molar-refractivity contribution is 0.192. The zero-order valence-corrected chi connectivity index (χ0v) is 11.7. The fourth-order valence-corrected chi connectivity index (χ4v) is 1.63. The number of unbranched alkanes of at least 4 members (excludes halogenated alkanes) is 2. The molecule has 0 fully saturated rings. The molecule has 0 aliphatic carbocycles. The van der Waals surface area contributed by atoms with E-state index in [1.165, 1.54) is 12.8 Å². The Morgan fingerprint density at radius 1 is 1.35 bits per heavy atom.